The summed E-state index contributed by atoms with van der Waals surface area (Å²) in [5.41, 5.74) is 2.04. The monoisotopic (exact) mass is 278 g/mol. The Morgan fingerprint density at radius 3 is 3.00 bits per heavy atom. The van der Waals surface area contributed by atoms with E-state index >= 15 is 0 Å². The van der Waals surface area contributed by atoms with Crippen LogP contribution in [0.3, 0.4) is 0 Å². The van der Waals surface area contributed by atoms with Crippen molar-refractivity contribution in [3.63, 3.8) is 0 Å². The Hall–Kier alpha value is -0.930. The molecule has 0 radical (unpaired) electrons. The summed E-state index contributed by atoms with van der Waals surface area (Å²) in [6.07, 6.45) is 6.60. The summed E-state index contributed by atoms with van der Waals surface area (Å²) < 4.78 is 0.434. The maximum Gasteiger partial charge on any atom is 0.0934 e. The lowest BCUT2D eigenvalue weighted by Gasteiger charge is -2.15. The highest BCUT2D eigenvalue weighted by molar-refractivity contribution is 8.00. The highest BCUT2D eigenvalue weighted by atomic mass is 35.5. The van der Waals surface area contributed by atoms with Crippen molar-refractivity contribution in [1.82, 2.24) is 4.98 Å². The summed E-state index contributed by atoms with van der Waals surface area (Å²) in [4.78, 5) is 4.44. The minimum Gasteiger partial charge on any atom is -0.382 e. The van der Waals surface area contributed by atoms with Gasteiger partial charge in [-0.25, -0.2) is 0 Å². The van der Waals surface area contributed by atoms with E-state index in [0.717, 1.165) is 28.2 Å². The molecule has 1 heterocycles. The molecule has 0 unspecified atom stereocenters. The van der Waals surface area contributed by atoms with Gasteiger partial charge in [0.2, 0.25) is 0 Å². The van der Waals surface area contributed by atoms with Crippen LogP contribution in [0.1, 0.15) is 12.8 Å². The molecule has 4 heteroatoms. The Morgan fingerprint density at radius 1 is 1.44 bits per heavy atom. The molecule has 1 aromatic carbocycles. The van der Waals surface area contributed by atoms with E-state index in [1.807, 2.05) is 42.2 Å². The van der Waals surface area contributed by atoms with Crippen LogP contribution in [0.5, 0.6) is 0 Å². The quantitative estimate of drug-likeness (QED) is 0.907. The van der Waals surface area contributed by atoms with Crippen molar-refractivity contribution in [3.8, 4) is 0 Å². The average molecular weight is 279 g/mol. The third kappa shape index (κ3) is 2.29. The third-order valence-corrected chi connectivity index (χ3v) is 5.15. The van der Waals surface area contributed by atoms with E-state index in [0.29, 0.717) is 4.75 Å². The van der Waals surface area contributed by atoms with Crippen LogP contribution in [-0.4, -0.2) is 22.5 Å². The topological polar surface area (TPSA) is 24.9 Å². The Labute approximate surface area is 116 Å². The SMILES string of the molecule is CSC1(CNc2cc(Cl)cc3cccnc23)CC1. The molecular formula is C14H15ClN2S. The number of aromatic nitrogens is 1. The van der Waals surface area contributed by atoms with Gasteiger partial charge in [-0.3, -0.25) is 4.98 Å². The van der Waals surface area contributed by atoms with Crippen LogP contribution in [0.2, 0.25) is 5.02 Å². The Bertz CT molecular complexity index is 581. The van der Waals surface area contributed by atoms with E-state index in [9.17, 15) is 0 Å². The first-order valence-electron chi connectivity index (χ1n) is 6.06. The molecular weight excluding hydrogens is 264 g/mol. The molecule has 2 aromatic rings. The highest BCUT2D eigenvalue weighted by Gasteiger charge is 2.41. The molecule has 1 aromatic heterocycles. The number of pyridine rings is 1. The fraction of sp³-hybridized carbons (Fsp3) is 0.357. The van der Waals surface area contributed by atoms with Crippen LogP contribution in [0.15, 0.2) is 30.5 Å². The number of benzene rings is 1. The molecule has 1 fully saturated rings. The summed E-state index contributed by atoms with van der Waals surface area (Å²) in [7, 11) is 0. The van der Waals surface area contributed by atoms with E-state index in [1.165, 1.54) is 12.8 Å². The average Bonchev–Trinajstić information content (AvgIpc) is 3.16. The number of anilines is 1. The summed E-state index contributed by atoms with van der Waals surface area (Å²) in [5.74, 6) is 0. The maximum absolute atomic E-state index is 6.15. The second-order valence-electron chi connectivity index (χ2n) is 4.77. The van der Waals surface area contributed by atoms with Crippen LogP contribution in [0.4, 0.5) is 5.69 Å². The van der Waals surface area contributed by atoms with Crippen LogP contribution in [0, 0.1) is 0 Å². The normalized spacial score (nSPS) is 16.8. The smallest absolute Gasteiger partial charge is 0.0934 e. The minimum atomic E-state index is 0.434. The second kappa shape index (κ2) is 4.63. The fourth-order valence-electron chi connectivity index (χ4n) is 2.14. The van der Waals surface area contributed by atoms with Crippen LogP contribution < -0.4 is 5.32 Å². The zero-order valence-corrected chi connectivity index (χ0v) is 11.8. The summed E-state index contributed by atoms with van der Waals surface area (Å²) >= 11 is 8.10. The Morgan fingerprint density at radius 2 is 2.28 bits per heavy atom. The summed E-state index contributed by atoms with van der Waals surface area (Å²) in [6.45, 7) is 0.986. The molecule has 1 N–H and O–H groups in total. The lowest BCUT2D eigenvalue weighted by molar-refractivity contribution is 0.950. The molecule has 0 atom stereocenters. The van der Waals surface area contributed by atoms with Gasteiger partial charge in [0.15, 0.2) is 0 Å². The molecule has 2 nitrogen and oxygen atoms in total. The van der Waals surface area contributed by atoms with E-state index < -0.39 is 0 Å². The first-order chi connectivity index (χ1) is 8.72. The van der Waals surface area contributed by atoms with Gasteiger partial charge in [-0.1, -0.05) is 17.7 Å². The minimum absolute atomic E-state index is 0.434. The molecule has 0 amide bonds. The first-order valence-corrected chi connectivity index (χ1v) is 7.66. The van der Waals surface area contributed by atoms with Crippen molar-refractivity contribution < 1.29 is 0 Å². The standard InChI is InChI=1S/C14H15ClN2S/c1-18-14(4-5-14)9-17-12-8-11(15)7-10-3-2-6-16-13(10)12/h2-3,6-8,17H,4-5,9H2,1H3. The van der Waals surface area contributed by atoms with Gasteiger partial charge in [-0.05, 0) is 37.3 Å². The van der Waals surface area contributed by atoms with Gasteiger partial charge in [0, 0.05) is 27.9 Å². The third-order valence-electron chi connectivity index (χ3n) is 3.51. The molecule has 1 aliphatic rings. The molecule has 0 saturated heterocycles. The van der Waals surface area contributed by atoms with Gasteiger partial charge in [0.25, 0.3) is 0 Å². The molecule has 0 bridgehead atoms. The lowest BCUT2D eigenvalue weighted by Crippen LogP contribution is -2.17. The number of hydrogen-bond acceptors (Lipinski definition) is 3. The maximum atomic E-state index is 6.15. The molecule has 94 valence electrons. The zero-order chi connectivity index (χ0) is 12.6. The van der Waals surface area contributed by atoms with Crippen molar-refractivity contribution in [2.45, 2.75) is 17.6 Å². The Kier molecular flexibility index (Phi) is 3.12. The van der Waals surface area contributed by atoms with Crippen LogP contribution >= 0.6 is 23.4 Å². The molecule has 0 aliphatic heterocycles. The van der Waals surface area contributed by atoms with E-state index in [2.05, 4.69) is 16.6 Å². The Balaban J connectivity index is 1.91. The van der Waals surface area contributed by atoms with E-state index in [4.69, 9.17) is 11.6 Å². The first kappa shape index (κ1) is 12.1. The van der Waals surface area contributed by atoms with Gasteiger partial charge in [-0.15, -0.1) is 0 Å². The molecule has 0 spiro atoms. The predicted molar refractivity (Wildman–Crippen MR) is 80.7 cm³/mol. The number of nitrogens with one attached hydrogen (secondary N) is 1. The molecule has 1 aliphatic carbocycles. The van der Waals surface area contributed by atoms with Gasteiger partial charge in [0.1, 0.15) is 0 Å². The van der Waals surface area contributed by atoms with E-state index in [-0.39, 0.29) is 0 Å². The van der Waals surface area contributed by atoms with Crippen molar-refractivity contribution >= 4 is 40.0 Å². The zero-order valence-electron chi connectivity index (χ0n) is 10.2. The van der Waals surface area contributed by atoms with Crippen LogP contribution in [0.25, 0.3) is 10.9 Å². The second-order valence-corrected chi connectivity index (χ2v) is 6.48. The molecule has 18 heavy (non-hydrogen) atoms. The van der Waals surface area contributed by atoms with Crippen molar-refractivity contribution in [3.05, 3.63) is 35.5 Å². The van der Waals surface area contributed by atoms with Gasteiger partial charge in [0.05, 0.1) is 11.2 Å². The predicted octanol–water partition coefficient (Wildman–Crippen LogP) is 4.20. The number of rotatable bonds is 4. The number of nitrogens with zero attached hydrogens (tertiary/aromatic N) is 1. The van der Waals surface area contributed by atoms with E-state index in [1.54, 1.807) is 0 Å². The highest BCUT2D eigenvalue weighted by Crippen LogP contribution is 2.47. The van der Waals surface area contributed by atoms with Crippen molar-refractivity contribution in [2.24, 2.45) is 0 Å². The molecule has 3 rings (SSSR count). The number of hydrogen-bond donors (Lipinski definition) is 1. The van der Waals surface area contributed by atoms with Gasteiger partial charge >= 0.3 is 0 Å². The van der Waals surface area contributed by atoms with Crippen molar-refractivity contribution in [1.29, 1.82) is 0 Å². The lowest BCUT2D eigenvalue weighted by atomic mass is 10.2. The number of thioether (sulfide) groups is 1. The van der Waals surface area contributed by atoms with Gasteiger partial charge in [-0.2, -0.15) is 11.8 Å². The fourth-order valence-corrected chi connectivity index (χ4v) is 3.09. The number of fused-ring (bicyclic) bond motifs is 1. The largest absolute Gasteiger partial charge is 0.382 e. The van der Waals surface area contributed by atoms with Crippen LogP contribution in [-0.2, 0) is 0 Å². The number of halogens is 1. The van der Waals surface area contributed by atoms with Crippen molar-refractivity contribution in [2.75, 3.05) is 18.1 Å². The summed E-state index contributed by atoms with van der Waals surface area (Å²) in [6, 6.07) is 7.90. The molecule has 1 saturated carbocycles. The summed E-state index contributed by atoms with van der Waals surface area (Å²) in [5, 5.41) is 5.36. The van der Waals surface area contributed by atoms with Gasteiger partial charge < -0.3 is 5.32 Å².